The molecule has 0 saturated heterocycles. The highest BCUT2D eigenvalue weighted by molar-refractivity contribution is 5.90. The average Bonchev–Trinajstić information content (AvgIpc) is 2.96. The fraction of sp³-hybridized carbons (Fsp3) is 0. The van der Waals surface area contributed by atoms with Crippen LogP contribution in [0.3, 0.4) is 0 Å². The van der Waals surface area contributed by atoms with Gasteiger partial charge in [0.15, 0.2) is 5.65 Å². The molecule has 22 heavy (non-hydrogen) atoms. The standard InChI is InChI=1S/C17H11FN4/c18-14-4-2-12(3-5-14)15-16(13-6-9-19-10-7-13)21-22-11-1-8-20-17(15)22/h1-11H. The molecule has 5 heteroatoms. The van der Waals surface area contributed by atoms with Crippen LogP contribution in [0, 0.1) is 5.82 Å². The quantitative estimate of drug-likeness (QED) is 0.566. The van der Waals surface area contributed by atoms with Crippen molar-refractivity contribution in [3.63, 3.8) is 0 Å². The predicted molar refractivity (Wildman–Crippen MR) is 81.6 cm³/mol. The third-order valence-corrected chi connectivity index (χ3v) is 3.48. The number of fused-ring (bicyclic) bond motifs is 1. The van der Waals surface area contributed by atoms with Crippen LogP contribution in [0.5, 0.6) is 0 Å². The van der Waals surface area contributed by atoms with Crippen LogP contribution in [0.1, 0.15) is 0 Å². The minimum absolute atomic E-state index is 0.265. The Kier molecular flexibility index (Phi) is 2.89. The van der Waals surface area contributed by atoms with E-state index in [0.29, 0.717) is 0 Å². The maximum atomic E-state index is 13.2. The lowest BCUT2D eigenvalue weighted by Gasteiger charge is -2.03. The van der Waals surface area contributed by atoms with Crippen LogP contribution in [0.2, 0.25) is 0 Å². The summed E-state index contributed by atoms with van der Waals surface area (Å²) < 4.78 is 15.0. The molecule has 0 aliphatic carbocycles. The molecule has 0 N–H and O–H groups in total. The molecule has 3 heterocycles. The summed E-state index contributed by atoms with van der Waals surface area (Å²) in [5.41, 5.74) is 4.24. The third kappa shape index (κ3) is 2.03. The Hall–Kier alpha value is -3.08. The van der Waals surface area contributed by atoms with Crippen LogP contribution in [-0.4, -0.2) is 19.6 Å². The highest BCUT2D eigenvalue weighted by Gasteiger charge is 2.17. The van der Waals surface area contributed by atoms with Gasteiger partial charge in [-0.05, 0) is 35.9 Å². The van der Waals surface area contributed by atoms with Crippen molar-refractivity contribution in [3.8, 4) is 22.4 Å². The van der Waals surface area contributed by atoms with Gasteiger partial charge in [0.25, 0.3) is 0 Å². The van der Waals surface area contributed by atoms with Gasteiger partial charge in [0.1, 0.15) is 11.5 Å². The summed E-state index contributed by atoms with van der Waals surface area (Å²) >= 11 is 0. The van der Waals surface area contributed by atoms with Crippen molar-refractivity contribution in [3.05, 3.63) is 73.1 Å². The Morgan fingerprint density at radius 2 is 1.64 bits per heavy atom. The van der Waals surface area contributed by atoms with Crippen molar-refractivity contribution in [2.75, 3.05) is 0 Å². The second kappa shape index (κ2) is 5.04. The number of aromatic nitrogens is 4. The normalized spacial score (nSPS) is 11.0. The molecule has 4 nitrogen and oxygen atoms in total. The van der Waals surface area contributed by atoms with E-state index in [2.05, 4.69) is 15.1 Å². The summed E-state index contributed by atoms with van der Waals surface area (Å²) in [6, 6.07) is 12.0. The Balaban J connectivity index is 2.04. The van der Waals surface area contributed by atoms with E-state index in [-0.39, 0.29) is 5.82 Å². The Morgan fingerprint density at radius 1 is 0.864 bits per heavy atom. The summed E-state index contributed by atoms with van der Waals surface area (Å²) in [7, 11) is 0. The topological polar surface area (TPSA) is 43.1 Å². The molecule has 106 valence electrons. The lowest BCUT2D eigenvalue weighted by Crippen LogP contribution is -1.87. The van der Waals surface area contributed by atoms with Gasteiger partial charge in [-0.15, -0.1) is 0 Å². The smallest absolute Gasteiger partial charge is 0.163 e. The van der Waals surface area contributed by atoms with Gasteiger partial charge in [-0.25, -0.2) is 13.9 Å². The van der Waals surface area contributed by atoms with Crippen LogP contribution in [0.25, 0.3) is 28.0 Å². The van der Waals surface area contributed by atoms with E-state index in [1.54, 1.807) is 35.2 Å². The van der Waals surface area contributed by atoms with Gasteiger partial charge in [-0.3, -0.25) is 4.98 Å². The number of hydrogen-bond donors (Lipinski definition) is 0. The maximum absolute atomic E-state index is 13.2. The highest BCUT2D eigenvalue weighted by Crippen LogP contribution is 2.33. The zero-order valence-corrected chi connectivity index (χ0v) is 11.5. The monoisotopic (exact) mass is 290 g/mol. The van der Waals surface area contributed by atoms with Gasteiger partial charge in [0, 0.05) is 30.4 Å². The zero-order chi connectivity index (χ0) is 14.9. The molecule has 0 atom stereocenters. The largest absolute Gasteiger partial charge is 0.265 e. The lowest BCUT2D eigenvalue weighted by atomic mass is 10.0. The van der Waals surface area contributed by atoms with E-state index in [0.717, 1.165) is 28.0 Å². The van der Waals surface area contributed by atoms with E-state index in [4.69, 9.17) is 0 Å². The van der Waals surface area contributed by atoms with Crippen LogP contribution in [-0.2, 0) is 0 Å². The van der Waals surface area contributed by atoms with Crippen LogP contribution < -0.4 is 0 Å². The summed E-state index contributed by atoms with van der Waals surface area (Å²) in [4.78, 5) is 8.46. The molecule has 0 radical (unpaired) electrons. The molecular weight excluding hydrogens is 279 g/mol. The molecule has 4 rings (SSSR count). The highest BCUT2D eigenvalue weighted by atomic mass is 19.1. The number of hydrogen-bond acceptors (Lipinski definition) is 3. The minimum atomic E-state index is -0.265. The molecule has 0 bridgehead atoms. The first-order chi connectivity index (χ1) is 10.8. The first-order valence-corrected chi connectivity index (χ1v) is 6.82. The number of rotatable bonds is 2. The summed E-state index contributed by atoms with van der Waals surface area (Å²) in [5.74, 6) is -0.265. The molecule has 0 spiro atoms. The van der Waals surface area contributed by atoms with Crippen LogP contribution in [0.15, 0.2) is 67.3 Å². The predicted octanol–water partition coefficient (Wildman–Crippen LogP) is 3.60. The van der Waals surface area contributed by atoms with Crippen molar-refractivity contribution in [1.29, 1.82) is 0 Å². The molecular formula is C17H11FN4. The average molecular weight is 290 g/mol. The van der Waals surface area contributed by atoms with E-state index < -0.39 is 0 Å². The van der Waals surface area contributed by atoms with Crippen molar-refractivity contribution in [2.45, 2.75) is 0 Å². The van der Waals surface area contributed by atoms with Gasteiger partial charge >= 0.3 is 0 Å². The Labute approximate surface area is 125 Å². The number of benzene rings is 1. The number of pyridine rings is 1. The fourth-order valence-corrected chi connectivity index (χ4v) is 2.48. The Bertz CT molecular complexity index is 930. The van der Waals surface area contributed by atoms with Crippen molar-refractivity contribution in [1.82, 2.24) is 19.6 Å². The van der Waals surface area contributed by atoms with E-state index >= 15 is 0 Å². The summed E-state index contributed by atoms with van der Waals surface area (Å²) in [6.07, 6.45) is 7.02. The molecule has 0 amide bonds. The SMILES string of the molecule is Fc1ccc(-c2c(-c3ccncc3)nn3cccnc23)cc1. The number of nitrogens with zero attached hydrogens (tertiary/aromatic N) is 4. The van der Waals surface area contributed by atoms with Crippen molar-refractivity contribution >= 4 is 5.65 Å². The molecule has 0 aliphatic heterocycles. The minimum Gasteiger partial charge on any atom is -0.265 e. The second-order valence-corrected chi connectivity index (χ2v) is 4.85. The molecule has 4 aromatic rings. The van der Waals surface area contributed by atoms with Gasteiger partial charge in [-0.1, -0.05) is 12.1 Å². The third-order valence-electron chi connectivity index (χ3n) is 3.48. The Morgan fingerprint density at radius 3 is 2.41 bits per heavy atom. The van der Waals surface area contributed by atoms with Crippen molar-refractivity contribution in [2.24, 2.45) is 0 Å². The second-order valence-electron chi connectivity index (χ2n) is 4.85. The van der Waals surface area contributed by atoms with Crippen molar-refractivity contribution < 1.29 is 4.39 Å². The van der Waals surface area contributed by atoms with Gasteiger partial charge < -0.3 is 0 Å². The van der Waals surface area contributed by atoms with Gasteiger partial charge in [0.05, 0.1) is 5.56 Å². The van der Waals surface area contributed by atoms with Gasteiger partial charge in [-0.2, -0.15) is 5.10 Å². The molecule has 0 fully saturated rings. The first kappa shape index (κ1) is 12.6. The molecule has 3 aromatic heterocycles. The molecule has 0 saturated carbocycles. The van der Waals surface area contributed by atoms with Crippen LogP contribution >= 0.6 is 0 Å². The molecule has 0 unspecified atom stereocenters. The lowest BCUT2D eigenvalue weighted by molar-refractivity contribution is 0.628. The summed E-state index contributed by atoms with van der Waals surface area (Å²) in [6.45, 7) is 0. The van der Waals surface area contributed by atoms with Crippen LogP contribution in [0.4, 0.5) is 4.39 Å². The first-order valence-electron chi connectivity index (χ1n) is 6.82. The number of halogens is 1. The fourth-order valence-electron chi connectivity index (χ4n) is 2.48. The van der Waals surface area contributed by atoms with E-state index in [9.17, 15) is 4.39 Å². The molecule has 1 aromatic carbocycles. The maximum Gasteiger partial charge on any atom is 0.163 e. The summed E-state index contributed by atoms with van der Waals surface area (Å²) in [5, 5.41) is 4.61. The molecule has 0 aliphatic rings. The zero-order valence-electron chi connectivity index (χ0n) is 11.5. The van der Waals surface area contributed by atoms with E-state index in [1.165, 1.54) is 12.1 Å². The van der Waals surface area contributed by atoms with Gasteiger partial charge in [0.2, 0.25) is 0 Å². The van der Waals surface area contributed by atoms with E-state index in [1.807, 2.05) is 24.4 Å².